The summed E-state index contributed by atoms with van der Waals surface area (Å²) in [7, 11) is 0. The molecular formula is C9H7N2Y-. The Morgan fingerprint density at radius 1 is 1.25 bits per heavy atom. The summed E-state index contributed by atoms with van der Waals surface area (Å²) in [5.74, 6) is 0. The van der Waals surface area contributed by atoms with Gasteiger partial charge in [-0.15, -0.1) is 24.3 Å². The molecule has 0 aliphatic heterocycles. The summed E-state index contributed by atoms with van der Waals surface area (Å²) in [4.78, 5) is 0. The first kappa shape index (κ1) is 13.9. The summed E-state index contributed by atoms with van der Waals surface area (Å²) in [6, 6.07) is 11.3. The van der Waals surface area contributed by atoms with E-state index in [-0.39, 0.29) is 40.1 Å². The first-order chi connectivity index (χ1) is 4.88. The van der Waals surface area contributed by atoms with Gasteiger partial charge in [-0.05, 0) is 11.6 Å². The van der Waals surface area contributed by atoms with Crippen molar-refractivity contribution in [1.82, 2.24) is 0 Å². The molecule has 0 amide bonds. The summed E-state index contributed by atoms with van der Waals surface area (Å²) in [5.41, 5.74) is 0.690. The normalized spacial score (nSPS) is 6.50. The van der Waals surface area contributed by atoms with Crippen LogP contribution in [0.5, 0.6) is 0 Å². The molecule has 0 aromatic heterocycles. The first-order valence-electron chi connectivity index (χ1n) is 2.69. The van der Waals surface area contributed by atoms with E-state index in [0.29, 0.717) is 11.1 Å². The van der Waals surface area contributed by atoms with Gasteiger partial charge in [0.2, 0.25) is 0 Å². The Bertz CT molecular complexity index is 287. The van der Waals surface area contributed by atoms with Crippen molar-refractivity contribution in [3.8, 4) is 12.1 Å². The largest absolute Gasteiger partial charge is 0.262 e. The van der Waals surface area contributed by atoms with Gasteiger partial charge in [0.1, 0.15) is 0 Å². The van der Waals surface area contributed by atoms with Crippen LogP contribution in [-0.4, -0.2) is 0 Å². The number of hydrogen-bond donors (Lipinski definition) is 0. The molecule has 0 spiro atoms. The molecule has 0 fully saturated rings. The summed E-state index contributed by atoms with van der Waals surface area (Å²) < 4.78 is 0. The third kappa shape index (κ3) is 3.14. The zero-order chi connectivity index (χ0) is 7.40. The van der Waals surface area contributed by atoms with Gasteiger partial charge in [-0.25, -0.2) is 5.26 Å². The van der Waals surface area contributed by atoms with Crippen LogP contribution < -0.4 is 0 Å². The fourth-order valence-corrected chi connectivity index (χ4v) is 0.623. The molecule has 1 radical (unpaired) electrons. The van der Waals surface area contributed by atoms with Crippen LogP contribution in [0.3, 0.4) is 0 Å². The number of benzene rings is 1. The van der Waals surface area contributed by atoms with Crippen LogP contribution in [0, 0.1) is 28.7 Å². The molecular weight excluding hydrogens is 225 g/mol. The minimum Gasteiger partial charge on any atom is -0.262 e. The molecule has 3 heteroatoms. The van der Waals surface area contributed by atoms with Gasteiger partial charge in [0.25, 0.3) is 0 Å². The Morgan fingerprint density at radius 3 is 2.33 bits per heavy atom. The van der Waals surface area contributed by atoms with E-state index >= 15 is 0 Å². The van der Waals surface area contributed by atoms with Crippen molar-refractivity contribution in [2.45, 2.75) is 7.43 Å². The van der Waals surface area contributed by atoms with Crippen molar-refractivity contribution < 1.29 is 32.7 Å². The van der Waals surface area contributed by atoms with Gasteiger partial charge in [0, 0.05) is 38.8 Å². The Balaban J connectivity index is 0. The number of rotatable bonds is 0. The number of nitriles is 2. The summed E-state index contributed by atoms with van der Waals surface area (Å²) in [5, 5.41) is 16.8. The Kier molecular flexibility index (Phi) is 8.06. The Morgan fingerprint density at radius 2 is 1.92 bits per heavy atom. The smallest absolute Gasteiger partial charge is 0.0481 e. The summed E-state index contributed by atoms with van der Waals surface area (Å²) in [6.07, 6.45) is 0. The fourth-order valence-electron chi connectivity index (χ4n) is 0.623. The van der Waals surface area contributed by atoms with Gasteiger partial charge in [-0.1, -0.05) is 13.0 Å². The Hall–Kier alpha value is -0.696. The average molecular weight is 232 g/mol. The molecule has 0 saturated carbocycles. The van der Waals surface area contributed by atoms with Gasteiger partial charge >= 0.3 is 0 Å². The molecule has 0 atom stereocenters. The van der Waals surface area contributed by atoms with Crippen LogP contribution in [-0.2, 0) is 32.7 Å². The number of hydrogen-bond acceptors (Lipinski definition) is 2. The molecule has 0 bridgehead atoms. The van der Waals surface area contributed by atoms with Crippen molar-refractivity contribution in [1.29, 1.82) is 10.5 Å². The van der Waals surface area contributed by atoms with E-state index in [1.165, 1.54) is 0 Å². The van der Waals surface area contributed by atoms with Crippen LogP contribution in [0.2, 0.25) is 0 Å². The SMILES string of the molecule is C.N#Cc1[c-]cccc1C#N.[Y]. The predicted molar refractivity (Wildman–Crippen MR) is 41.4 cm³/mol. The van der Waals surface area contributed by atoms with Crippen LogP contribution in [0.15, 0.2) is 18.2 Å². The fraction of sp³-hybridized carbons (Fsp3) is 0.111. The monoisotopic (exact) mass is 232 g/mol. The van der Waals surface area contributed by atoms with E-state index < -0.39 is 0 Å². The van der Waals surface area contributed by atoms with Crippen molar-refractivity contribution in [3.05, 3.63) is 35.4 Å². The Labute approximate surface area is 97.7 Å². The molecule has 57 valence electrons. The van der Waals surface area contributed by atoms with Crippen LogP contribution in [0.4, 0.5) is 0 Å². The maximum absolute atomic E-state index is 8.43. The van der Waals surface area contributed by atoms with Crippen molar-refractivity contribution in [2.24, 2.45) is 0 Å². The van der Waals surface area contributed by atoms with Crippen molar-refractivity contribution >= 4 is 0 Å². The third-order valence-electron chi connectivity index (χ3n) is 1.09. The molecule has 0 heterocycles. The van der Waals surface area contributed by atoms with E-state index in [4.69, 9.17) is 10.5 Å². The molecule has 1 rings (SSSR count). The third-order valence-corrected chi connectivity index (χ3v) is 1.09. The average Bonchev–Trinajstić information content (AvgIpc) is 2.04. The first-order valence-corrected chi connectivity index (χ1v) is 2.69. The van der Waals surface area contributed by atoms with Gasteiger partial charge in [-0.3, -0.25) is 5.26 Å². The molecule has 0 aliphatic carbocycles. The van der Waals surface area contributed by atoms with Gasteiger partial charge < -0.3 is 0 Å². The second-order valence-electron chi connectivity index (χ2n) is 1.68. The summed E-state index contributed by atoms with van der Waals surface area (Å²) >= 11 is 0. The standard InChI is InChI=1S/C8H3N2.CH4.Y/c9-5-7-3-1-2-4-8(7)6-10;;/h1-3H;1H4;/q-1;;. The second kappa shape index (κ2) is 6.98. The van der Waals surface area contributed by atoms with Crippen LogP contribution in [0.25, 0.3) is 0 Å². The minimum atomic E-state index is 0. The van der Waals surface area contributed by atoms with Gasteiger partial charge in [0.15, 0.2) is 0 Å². The minimum absolute atomic E-state index is 0. The van der Waals surface area contributed by atoms with Gasteiger partial charge in [-0.2, -0.15) is 0 Å². The molecule has 0 saturated heterocycles. The van der Waals surface area contributed by atoms with Crippen LogP contribution >= 0.6 is 0 Å². The van der Waals surface area contributed by atoms with Crippen molar-refractivity contribution in [2.75, 3.05) is 0 Å². The zero-order valence-corrected chi connectivity index (χ0v) is 8.54. The molecule has 0 N–H and O–H groups in total. The van der Waals surface area contributed by atoms with Crippen LogP contribution in [0.1, 0.15) is 18.6 Å². The molecule has 0 unspecified atom stereocenters. The van der Waals surface area contributed by atoms with E-state index in [1.807, 2.05) is 12.1 Å². The zero-order valence-electron chi connectivity index (χ0n) is 5.70. The maximum atomic E-state index is 8.43. The molecule has 12 heavy (non-hydrogen) atoms. The quantitative estimate of drug-likeness (QED) is 0.641. The second-order valence-corrected chi connectivity index (χ2v) is 1.68. The van der Waals surface area contributed by atoms with Gasteiger partial charge in [0.05, 0.1) is 0 Å². The summed E-state index contributed by atoms with van der Waals surface area (Å²) in [6.45, 7) is 0. The molecule has 2 nitrogen and oxygen atoms in total. The topological polar surface area (TPSA) is 47.6 Å². The van der Waals surface area contributed by atoms with E-state index in [0.717, 1.165) is 0 Å². The molecule has 0 aliphatic rings. The van der Waals surface area contributed by atoms with E-state index in [9.17, 15) is 0 Å². The predicted octanol–water partition coefficient (Wildman–Crippen LogP) is 1.86. The van der Waals surface area contributed by atoms with E-state index in [2.05, 4.69) is 6.07 Å². The van der Waals surface area contributed by atoms with E-state index in [1.54, 1.807) is 18.2 Å². The maximum Gasteiger partial charge on any atom is 0.0481 e. The number of nitrogens with zero attached hydrogens (tertiary/aromatic N) is 2. The van der Waals surface area contributed by atoms with Crippen molar-refractivity contribution in [3.63, 3.8) is 0 Å². The molecule has 1 aromatic rings. The molecule has 1 aromatic carbocycles.